The number of ether oxygens (including phenoxy) is 1. The lowest BCUT2D eigenvalue weighted by molar-refractivity contribution is -0.131. The lowest BCUT2D eigenvalue weighted by Crippen LogP contribution is -2.46. The van der Waals surface area contributed by atoms with Gasteiger partial charge in [0.2, 0.25) is 15.9 Å². The molecule has 0 radical (unpaired) electrons. The number of nitrogens with zero attached hydrogens (tertiary/aromatic N) is 2. The summed E-state index contributed by atoms with van der Waals surface area (Å²) in [5.74, 6) is 0.0136. The van der Waals surface area contributed by atoms with Crippen LogP contribution in [0.5, 0.6) is 0 Å². The summed E-state index contributed by atoms with van der Waals surface area (Å²) in [5, 5.41) is 0. The fourth-order valence-corrected chi connectivity index (χ4v) is 5.20. The molecule has 1 aromatic carbocycles. The predicted octanol–water partition coefficient (Wildman–Crippen LogP) is 2.51. The van der Waals surface area contributed by atoms with E-state index in [0.717, 1.165) is 24.8 Å². The third-order valence-corrected chi connectivity index (χ3v) is 7.27. The molecule has 2 atom stereocenters. The van der Waals surface area contributed by atoms with Gasteiger partial charge in [-0.15, -0.1) is 0 Å². The molecule has 2 fully saturated rings. The smallest absolute Gasteiger partial charge is 0.247 e. The molecular weight excluding hydrogens is 364 g/mol. The van der Waals surface area contributed by atoms with E-state index in [1.165, 1.54) is 4.31 Å². The fraction of sp³-hybridized carbons (Fsp3) is 0.550. The highest BCUT2D eigenvalue weighted by molar-refractivity contribution is 7.89. The molecule has 0 aliphatic carbocycles. The maximum Gasteiger partial charge on any atom is 0.247 e. The van der Waals surface area contributed by atoms with Gasteiger partial charge < -0.3 is 9.64 Å². The molecule has 0 spiro atoms. The van der Waals surface area contributed by atoms with Crippen LogP contribution >= 0.6 is 0 Å². The summed E-state index contributed by atoms with van der Waals surface area (Å²) < 4.78 is 31.9. The molecule has 148 valence electrons. The second-order valence-corrected chi connectivity index (χ2v) is 9.23. The largest absolute Gasteiger partial charge is 0.379 e. The van der Waals surface area contributed by atoms with Gasteiger partial charge in [-0.1, -0.05) is 12.1 Å². The minimum Gasteiger partial charge on any atom is -0.379 e. The number of benzene rings is 1. The monoisotopic (exact) mass is 392 g/mol. The summed E-state index contributed by atoms with van der Waals surface area (Å²) >= 11 is 0. The molecule has 0 aromatic heterocycles. The van der Waals surface area contributed by atoms with Crippen LogP contribution in [-0.2, 0) is 19.6 Å². The maximum absolute atomic E-state index is 12.6. The van der Waals surface area contributed by atoms with E-state index < -0.39 is 10.0 Å². The van der Waals surface area contributed by atoms with E-state index in [0.29, 0.717) is 26.3 Å². The Morgan fingerprint density at radius 2 is 1.67 bits per heavy atom. The molecule has 2 heterocycles. The van der Waals surface area contributed by atoms with Crippen LogP contribution in [0.2, 0.25) is 0 Å². The Balaban J connectivity index is 1.68. The number of amides is 1. The Morgan fingerprint density at radius 3 is 2.26 bits per heavy atom. The van der Waals surface area contributed by atoms with E-state index >= 15 is 0 Å². The summed E-state index contributed by atoms with van der Waals surface area (Å²) in [6.07, 6.45) is 6.58. The molecule has 6 nitrogen and oxygen atoms in total. The van der Waals surface area contributed by atoms with Gasteiger partial charge in [-0.2, -0.15) is 4.31 Å². The van der Waals surface area contributed by atoms with Gasteiger partial charge >= 0.3 is 0 Å². The van der Waals surface area contributed by atoms with E-state index in [1.54, 1.807) is 36.4 Å². The molecule has 27 heavy (non-hydrogen) atoms. The molecule has 1 amide bonds. The minimum atomic E-state index is -3.49. The van der Waals surface area contributed by atoms with Crippen molar-refractivity contribution < 1.29 is 17.9 Å². The molecule has 3 rings (SSSR count). The fourth-order valence-electron chi connectivity index (χ4n) is 3.80. The van der Waals surface area contributed by atoms with Gasteiger partial charge in [0.1, 0.15) is 0 Å². The first kappa shape index (κ1) is 20.0. The van der Waals surface area contributed by atoms with Crippen molar-refractivity contribution in [3.05, 3.63) is 35.9 Å². The average molecular weight is 393 g/mol. The van der Waals surface area contributed by atoms with Gasteiger partial charge in [-0.25, -0.2) is 8.42 Å². The summed E-state index contributed by atoms with van der Waals surface area (Å²) in [5.41, 5.74) is 0.807. The molecule has 0 unspecified atom stereocenters. The van der Waals surface area contributed by atoms with Crippen LogP contribution in [0.15, 0.2) is 35.2 Å². The number of likely N-dealkylation sites (tertiary alicyclic amines) is 1. The lowest BCUT2D eigenvalue weighted by Gasteiger charge is -2.38. The third kappa shape index (κ3) is 4.59. The molecule has 2 aliphatic rings. The highest BCUT2D eigenvalue weighted by Crippen LogP contribution is 2.23. The van der Waals surface area contributed by atoms with E-state index in [-0.39, 0.29) is 22.9 Å². The molecule has 2 saturated heterocycles. The van der Waals surface area contributed by atoms with Gasteiger partial charge in [0.15, 0.2) is 0 Å². The first-order chi connectivity index (χ1) is 12.9. The zero-order chi connectivity index (χ0) is 19.4. The quantitative estimate of drug-likeness (QED) is 0.739. The minimum absolute atomic E-state index is 0.0136. The van der Waals surface area contributed by atoms with Crippen LogP contribution in [0.25, 0.3) is 6.08 Å². The average Bonchev–Trinajstić information content (AvgIpc) is 2.67. The molecule has 7 heteroatoms. The molecular formula is C20H28N2O4S. The molecule has 0 N–H and O–H groups in total. The van der Waals surface area contributed by atoms with Crippen LogP contribution in [-0.4, -0.2) is 61.9 Å². The molecule has 0 saturated carbocycles. The summed E-state index contributed by atoms with van der Waals surface area (Å²) in [6.45, 7) is 5.79. The first-order valence-corrected chi connectivity index (χ1v) is 11.0. The number of hydrogen-bond acceptors (Lipinski definition) is 4. The normalized spacial score (nSPS) is 25.0. The number of carbonyl (C=O) groups excluding carboxylic acids is 1. The van der Waals surface area contributed by atoms with Gasteiger partial charge in [0, 0.05) is 31.2 Å². The zero-order valence-electron chi connectivity index (χ0n) is 16.0. The van der Waals surface area contributed by atoms with Gasteiger partial charge in [0.05, 0.1) is 18.1 Å². The summed E-state index contributed by atoms with van der Waals surface area (Å²) in [7, 11) is -3.49. The number of carbonyl (C=O) groups is 1. The summed E-state index contributed by atoms with van der Waals surface area (Å²) in [4.78, 5) is 14.8. The van der Waals surface area contributed by atoms with Crippen molar-refractivity contribution >= 4 is 22.0 Å². The van der Waals surface area contributed by atoms with Crippen molar-refractivity contribution in [1.82, 2.24) is 9.21 Å². The van der Waals surface area contributed by atoms with E-state index in [1.807, 2.05) is 4.90 Å². The van der Waals surface area contributed by atoms with Gasteiger partial charge in [-0.3, -0.25) is 4.79 Å². The van der Waals surface area contributed by atoms with Crippen LogP contribution in [0.1, 0.15) is 38.7 Å². The number of rotatable bonds is 4. The zero-order valence-corrected chi connectivity index (χ0v) is 16.8. The van der Waals surface area contributed by atoms with Crippen LogP contribution in [0, 0.1) is 0 Å². The van der Waals surface area contributed by atoms with Crippen molar-refractivity contribution in [1.29, 1.82) is 0 Å². The number of piperidine rings is 1. The van der Waals surface area contributed by atoms with Gasteiger partial charge in [0.25, 0.3) is 0 Å². The Hall–Kier alpha value is -1.70. The topological polar surface area (TPSA) is 66.9 Å². The second-order valence-electron chi connectivity index (χ2n) is 7.29. The van der Waals surface area contributed by atoms with Crippen LogP contribution in [0.4, 0.5) is 0 Å². The van der Waals surface area contributed by atoms with Crippen molar-refractivity contribution in [3.63, 3.8) is 0 Å². The number of sulfonamides is 1. The Kier molecular flexibility index (Phi) is 6.34. The predicted molar refractivity (Wildman–Crippen MR) is 105 cm³/mol. The maximum atomic E-state index is 12.6. The lowest BCUT2D eigenvalue weighted by atomic mass is 9.97. The molecule has 0 bridgehead atoms. The molecule has 1 aromatic rings. The highest BCUT2D eigenvalue weighted by atomic mass is 32.2. The number of hydrogen-bond donors (Lipinski definition) is 0. The van der Waals surface area contributed by atoms with Crippen molar-refractivity contribution in [3.8, 4) is 0 Å². The van der Waals surface area contributed by atoms with Gasteiger partial charge in [-0.05, 0) is 56.9 Å². The van der Waals surface area contributed by atoms with E-state index in [4.69, 9.17) is 4.74 Å². The second kappa shape index (κ2) is 8.54. The Morgan fingerprint density at radius 1 is 1.07 bits per heavy atom. The van der Waals surface area contributed by atoms with Crippen LogP contribution < -0.4 is 0 Å². The van der Waals surface area contributed by atoms with Crippen molar-refractivity contribution in [2.75, 3.05) is 26.3 Å². The summed E-state index contributed by atoms with van der Waals surface area (Å²) in [6, 6.07) is 7.18. The van der Waals surface area contributed by atoms with E-state index in [2.05, 4.69) is 13.8 Å². The van der Waals surface area contributed by atoms with E-state index in [9.17, 15) is 13.2 Å². The number of morpholine rings is 1. The van der Waals surface area contributed by atoms with Crippen molar-refractivity contribution in [2.24, 2.45) is 0 Å². The highest BCUT2D eigenvalue weighted by Gasteiger charge is 2.28. The third-order valence-electron chi connectivity index (χ3n) is 5.35. The van der Waals surface area contributed by atoms with Crippen molar-refractivity contribution in [2.45, 2.75) is 50.1 Å². The standard InChI is InChI=1S/C20H28N2O4S/c1-16-4-3-5-17(2)22(16)20(23)11-8-18-6-9-19(10-7-18)27(24,25)21-12-14-26-15-13-21/h6-11,16-17H,3-5,12-15H2,1-2H3/b11-8+/t16-,17-/m0/s1. The SMILES string of the molecule is C[C@H]1CCC[C@H](C)N1C(=O)/C=C/c1ccc(S(=O)(=O)N2CCOCC2)cc1. The Bertz CT molecular complexity index is 773. The molecule has 2 aliphatic heterocycles. The van der Waals surface area contributed by atoms with Crippen LogP contribution in [0.3, 0.4) is 0 Å². The first-order valence-electron chi connectivity index (χ1n) is 9.58. The Labute approximate surface area is 161 Å².